The standard InChI is InChI=1S/C25H31N7O6/c1-14-5-6-16-17(7-14)28-19(27-16)10-38-11-20(34)31-9-15(33)8-18(25(2,37)12-31)32-13-26-22-21(32)23(35)30(4)24(36)29(22)3/h5-7,13,15,18,33,37H,8-12H2,1-4H3,(H,27,28)/t15-,18-,25-/m1/s1. The van der Waals surface area contributed by atoms with Gasteiger partial charge in [-0.25, -0.2) is 14.8 Å². The number of nitrogens with one attached hydrogen (secondary N) is 1. The number of likely N-dealkylation sites (tertiary alicyclic amines) is 1. The van der Waals surface area contributed by atoms with Gasteiger partial charge in [0.1, 0.15) is 24.6 Å². The van der Waals surface area contributed by atoms with Crippen molar-refractivity contribution in [2.24, 2.45) is 14.1 Å². The molecule has 1 aliphatic heterocycles. The summed E-state index contributed by atoms with van der Waals surface area (Å²) in [7, 11) is 2.88. The van der Waals surface area contributed by atoms with E-state index in [2.05, 4.69) is 15.0 Å². The molecule has 1 aromatic carbocycles. The third kappa shape index (κ3) is 4.52. The molecule has 3 N–H and O–H groups in total. The maximum Gasteiger partial charge on any atom is 0.332 e. The number of aromatic nitrogens is 6. The van der Waals surface area contributed by atoms with E-state index in [1.165, 1.54) is 34.5 Å². The molecule has 3 aromatic heterocycles. The molecular formula is C25H31N7O6. The first-order valence-electron chi connectivity index (χ1n) is 12.3. The van der Waals surface area contributed by atoms with E-state index >= 15 is 0 Å². The minimum absolute atomic E-state index is 0.0120. The lowest BCUT2D eigenvalue weighted by atomic mass is 9.92. The molecule has 5 rings (SSSR count). The predicted molar refractivity (Wildman–Crippen MR) is 138 cm³/mol. The first-order chi connectivity index (χ1) is 18.0. The number of aliphatic hydroxyl groups is 2. The number of fused-ring (bicyclic) bond motifs is 2. The van der Waals surface area contributed by atoms with Crippen LogP contribution in [0.4, 0.5) is 0 Å². The van der Waals surface area contributed by atoms with Gasteiger partial charge < -0.3 is 29.4 Å². The molecule has 0 spiro atoms. The molecule has 1 aliphatic rings. The Hall–Kier alpha value is -3.81. The number of rotatable bonds is 5. The highest BCUT2D eigenvalue weighted by Crippen LogP contribution is 2.33. The number of carbonyl (C=O) groups excluding carboxylic acids is 1. The highest BCUT2D eigenvalue weighted by atomic mass is 16.5. The highest BCUT2D eigenvalue weighted by Gasteiger charge is 2.42. The Morgan fingerprint density at radius 1 is 1.26 bits per heavy atom. The van der Waals surface area contributed by atoms with Crippen molar-refractivity contribution in [2.45, 2.75) is 44.6 Å². The number of H-pyrrole nitrogens is 1. The van der Waals surface area contributed by atoms with E-state index in [4.69, 9.17) is 4.74 Å². The zero-order chi connectivity index (χ0) is 27.4. The number of imidazole rings is 2. The maximum absolute atomic E-state index is 13.0. The van der Waals surface area contributed by atoms with Gasteiger partial charge in [0.05, 0.1) is 36.1 Å². The molecular weight excluding hydrogens is 494 g/mol. The van der Waals surface area contributed by atoms with Crippen molar-refractivity contribution < 1.29 is 19.7 Å². The Labute approximate surface area is 216 Å². The van der Waals surface area contributed by atoms with E-state index in [-0.39, 0.29) is 43.9 Å². The maximum atomic E-state index is 13.0. The fraction of sp³-hybridized carbons (Fsp3) is 0.480. The molecule has 13 heteroatoms. The lowest BCUT2D eigenvalue weighted by Crippen LogP contribution is -2.48. The van der Waals surface area contributed by atoms with Gasteiger partial charge in [0.25, 0.3) is 5.56 Å². The molecule has 1 fully saturated rings. The lowest BCUT2D eigenvalue weighted by Gasteiger charge is -2.34. The number of hydrogen-bond donors (Lipinski definition) is 3. The summed E-state index contributed by atoms with van der Waals surface area (Å²) in [6.45, 7) is 3.25. The van der Waals surface area contributed by atoms with Crippen LogP contribution in [-0.4, -0.2) is 81.1 Å². The van der Waals surface area contributed by atoms with E-state index in [9.17, 15) is 24.6 Å². The SMILES string of the molecule is Cc1ccc2nc(COCC(=O)N3C[C@H](O)C[C@@H](n4cnc5c4c(=O)n(C)c(=O)n5C)[C@](C)(O)C3)[nH]c2c1. The van der Waals surface area contributed by atoms with Crippen molar-refractivity contribution in [3.8, 4) is 0 Å². The van der Waals surface area contributed by atoms with Crippen LogP contribution in [0.15, 0.2) is 34.1 Å². The summed E-state index contributed by atoms with van der Waals surface area (Å²) in [5.74, 6) is 0.190. The number of aryl methyl sites for hydroxylation is 2. The molecule has 0 aliphatic carbocycles. The molecule has 0 unspecified atom stereocenters. The number of amides is 1. The van der Waals surface area contributed by atoms with Gasteiger partial charge in [-0.05, 0) is 38.0 Å². The fourth-order valence-corrected chi connectivity index (χ4v) is 5.17. The topological polar surface area (TPSA) is 160 Å². The van der Waals surface area contributed by atoms with E-state index in [1.54, 1.807) is 6.92 Å². The summed E-state index contributed by atoms with van der Waals surface area (Å²) in [4.78, 5) is 51.5. The normalized spacial score (nSPS) is 22.3. The minimum atomic E-state index is -1.53. The molecule has 0 radical (unpaired) electrons. The molecule has 4 heterocycles. The molecule has 1 saturated heterocycles. The monoisotopic (exact) mass is 525 g/mol. The summed E-state index contributed by atoms with van der Waals surface area (Å²) in [5.41, 5.74) is 0.492. The Morgan fingerprint density at radius 3 is 2.79 bits per heavy atom. The number of carbonyl (C=O) groups is 1. The van der Waals surface area contributed by atoms with Crippen LogP contribution in [0.2, 0.25) is 0 Å². The second-order valence-electron chi connectivity index (χ2n) is 10.3. The Kier molecular flexibility index (Phi) is 6.45. The van der Waals surface area contributed by atoms with Crippen LogP contribution >= 0.6 is 0 Å². The van der Waals surface area contributed by atoms with E-state index in [0.717, 1.165) is 21.2 Å². The number of aromatic amines is 1. The van der Waals surface area contributed by atoms with E-state index in [1.807, 2.05) is 25.1 Å². The van der Waals surface area contributed by atoms with Crippen LogP contribution in [0.3, 0.4) is 0 Å². The average Bonchev–Trinajstić information content (AvgIpc) is 3.44. The number of aliphatic hydroxyl groups excluding tert-OH is 1. The molecule has 38 heavy (non-hydrogen) atoms. The average molecular weight is 526 g/mol. The summed E-state index contributed by atoms with van der Waals surface area (Å²) in [5, 5.41) is 22.3. The second-order valence-corrected chi connectivity index (χ2v) is 10.3. The van der Waals surface area contributed by atoms with Crippen molar-refractivity contribution in [1.82, 2.24) is 33.6 Å². The van der Waals surface area contributed by atoms with Gasteiger partial charge in [-0.2, -0.15) is 0 Å². The Bertz CT molecular complexity index is 1650. The molecule has 13 nitrogen and oxygen atoms in total. The zero-order valence-corrected chi connectivity index (χ0v) is 21.7. The van der Waals surface area contributed by atoms with Gasteiger partial charge in [0, 0.05) is 20.6 Å². The van der Waals surface area contributed by atoms with Crippen molar-refractivity contribution in [3.05, 3.63) is 56.8 Å². The van der Waals surface area contributed by atoms with Gasteiger partial charge >= 0.3 is 5.69 Å². The number of ether oxygens (including phenoxy) is 1. The molecule has 3 atom stereocenters. The van der Waals surface area contributed by atoms with Crippen LogP contribution in [0, 0.1) is 6.92 Å². The van der Waals surface area contributed by atoms with Crippen molar-refractivity contribution in [1.29, 1.82) is 0 Å². The molecule has 202 valence electrons. The van der Waals surface area contributed by atoms with Crippen LogP contribution in [0.5, 0.6) is 0 Å². The van der Waals surface area contributed by atoms with Crippen molar-refractivity contribution >= 4 is 28.1 Å². The minimum Gasteiger partial charge on any atom is -0.391 e. The largest absolute Gasteiger partial charge is 0.391 e. The smallest absolute Gasteiger partial charge is 0.332 e. The quantitative estimate of drug-likeness (QED) is 0.321. The molecule has 0 bridgehead atoms. The summed E-state index contributed by atoms with van der Waals surface area (Å²) >= 11 is 0. The number of β-amino-alcohol motifs (C(OH)–C–C–N with tert-alkyl or cyclic N) is 2. The van der Waals surface area contributed by atoms with Gasteiger partial charge in [0.2, 0.25) is 5.91 Å². The van der Waals surface area contributed by atoms with Crippen molar-refractivity contribution in [2.75, 3.05) is 19.7 Å². The number of nitrogens with zero attached hydrogens (tertiary/aromatic N) is 6. The van der Waals surface area contributed by atoms with Gasteiger partial charge in [-0.15, -0.1) is 0 Å². The summed E-state index contributed by atoms with van der Waals surface area (Å²) in [6, 6.07) is 5.07. The fourth-order valence-electron chi connectivity index (χ4n) is 5.17. The third-order valence-corrected chi connectivity index (χ3v) is 7.17. The van der Waals surface area contributed by atoms with Crippen LogP contribution in [0.25, 0.3) is 22.2 Å². The Morgan fingerprint density at radius 2 is 2.03 bits per heavy atom. The number of benzene rings is 1. The van der Waals surface area contributed by atoms with Crippen LogP contribution in [-0.2, 0) is 30.2 Å². The van der Waals surface area contributed by atoms with Gasteiger partial charge in [-0.3, -0.25) is 18.7 Å². The highest BCUT2D eigenvalue weighted by molar-refractivity contribution is 5.78. The summed E-state index contributed by atoms with van der Waals surface area (Å²) in [6.07, 6.45) is 0.464. The summed E-state index contributed by atoms with van der Waals surface area (Å²) < 4.78 is 9.33. The van der Waals surface area contributed by atoms with Crippen LogP contribution < -0.4 is 11.2 Å². The lowest BCUT2D eigenvalue weighted by molar-refractivity contribution is -0.140. The number of hydrogen-bond acceptors (Lipinski definition) is 8. The first kappa shape index (κ1) is 25.8. The molecule has 4 aromatic rings. The first-order valence-corrected chi connectivity index (χ1v) is 12.3. The molecule has 0 saturated carbocycles. The van der Waals surface area contributed by atoms with E-state index < -0.39 is 34.9 Å². The van der Waals surface area contributed by atoms with E-state index in [0.29, 0.717) is 5.82 Å². The zero-order valence-electron chi connectivity index (χ0n) is 21.7. The predicted octanol–water partition coefficient (Wildman–Crippen LogP) is -0.279. The Balaban J connectivity index is 1.33. The molecule has 1 amide bonds. The third-order valence-electron chi connectivity index (χ3n) is 7.17. The van der Waals surface area contributed by atoms with Crippen molar-refractivity contribution in [3.63, 3.8) is 0 Å². The van der Waals surface area contributed by atoms with Gasteiger partial charge in [0.15, 0.2) is 11.2 Å². The second kappa shape index (κ2) is 9.49. The van der Waals surface area contributed by atoms with Gasteiger partial charge in [-0.1, -0.05) is 6.07 Å². The van der Waals surface area contributed by atoms with Crippen LogP contribution in [0.1, 0.15) is 30.8 Å².